The third kappa shape index (κ3) is 2.13. The molecule has 2 heteroatoms. The second-order valence-electron chi connectivity index (χ2n) is 1.68. The van der Waals surface area contributed by atoms with Crippen LogP contribution in [0.3, 0.4) is 0 Å². The lowest BCUT2D eigenvalue weighted by Crippen LogP contribution is -1.99. The van der Waals surface area contributed by atoms with Crippen LogP contribution in [-0.2, 0) is 0 Å². The summed E-state index contributed by atoms with van der Waals surface area (Å²) in [6, 6.07) is 10.2. The van der Waals surface area contributed by atoms with E-state index in [0.29, 0.717) is 6.29 Å². The number of hydrogen-bond donors (Lipinski definition) is 1. The molecule has 1 rings (SSSR count). The van der Waals surface area contributed by atoms with E-state index in [1.165, 1.54) is 13.9 Å². The van der Waals surface area contributed by atoms with Gasteiger partial charge in [-0.3, -0.25) is 0 Å². The van der Waals surface area contributed by atoms with E-state index in [2.05, 4.69) is 12.1 Å². The zero-order valence-electron chi connectivity index (χ0n) is 5.12. The highest BCUT2D eigenvalue weighted by Crippen LogP contribution is 2.04. The molecule has 0 fully saturated rings. The molecule has 1 aromatic rings. The zero-order chi connectivity index (χ0) is 6.53. The second kappa shape index (κ2) is 3.60. The van der Waals surface area contributed by atoms with E-state index in [9.17, 15) is 0 Å². The Morgan fingerprint density at radius 1 is 1.22 bits per heavy atom. The Hall–Kier alpha value is -0.390. The van der Waals surface area contributed by atoms with Crippen molar-refractivity contribution >= 4 is 13.9 Å². The molecule has 0 aliphatic carbocycles. The van der Waals surface area contributed by atoms with Gasteiger partial charge >= 0.3 is 0 Å². The van der Waals surface area contributed by atoms with E-state index >= 15 is 0 Å². The van der Waals surface area contributed by atoms with Gasteiger partial charge in [-0.05, 0) is 13.9 Å². The molecule has 2 N–H and O–H groups in total. The zero-order valence-corrected chi connectivity index (χ0v) is 6.01. The van der Waals surface area contributed by atoms with Gasteiger partial charge in [0, 0.05) is 6.29 Å². The summed E-state index contributed by atoms with van der Waals surface area (Å²) in [6.07, 6.45) is 0.712. The van der Waals surface area contributed by atoms with Crippen LogP contribution in [0.4, 0.5) is 0 Å². The summed E-state index contributed by atoms with van der Waals surface area (Å²) in [5.74, 6) is 0. The SMILES string of the molecule is NC[P]c1ccccc1. The first-order valence-corrected chi connectivity index (χ1v) is 3.94. The minimum absolute atomic E-state index is 0.712. The fourth-order valence-corrected chi connectivity index (χ4v) is 1.23. The van der Waals surface area contributed by atoms with E-state index < -0.39 is 0 Å². The fourth-order valence-electron chi connectivity index (χ4n) is 0.639. The molecule has 47 valence electrons. The first kappa shape index (κ1) is 6.73. The van der Waals surface area contributed by atoms with Gasteiger partial charge in [-0.1, -0.05) is 30.3 Å². The van der Waals surface area contributed by atoms with Gasteiger partial charge < -0.3 is 5.73 Å². The second-order valence-corrected chi connectivity index (χ2v) is 2.87. The van der Waals surface area contributed by atoms with Crippen molar-refractivity contribution in [3.63, 3.8) is 0 Å². The topological polar surface area (TPSA) is 26.0 Å². The molecule has 0 atom stereocenters. The highest BCUT2D eigenvalue weighted by atomic mass is 31.1. The average Bonchev–Trinajstić information content (AvgIpc) is 1.91. The molecule has 0 spiro atoms. The van der Waals surface area contributed by atoms with Crippen molar-refractivity contribution in [3.8, 4) is 0 Å². The Bertz CT molecular complexity index is 162. The number of benzene rings is 1. The molecule has 0 saturated carbocycles. The first-order chi connectivity index (χ1) is 4.43. The van der Waals surface area contributed by atoms with E-state index in [-0.39, 0.29) is 0 Å². The Balaban J connectivity index is 2.61. The molecule has 0 unspecified atom stereocenters. The molecular weight excluding hydrogens is 129 g/mol. The molecular formula is C7H9NP. The van der Waals surface area contributed by atoms with Gasteiger partial charge in [-0.15, -0.1) is 0 Å². The van der Waals surface area contributed by atoms with Gasteiger partial charge in [0.2, 0.25) is 0 Å². The van der Waals surface area contributed by atoms with Gasteiger partial charge in [0.1, 0.15) is 0 Å². The largest absolute Gasteiger partial charge is 0.326 e. The van der Waals surface area contributed by atoms with Crippen molar-refractivity contribution in [1.82, 2.24) is 0 Å². The predicted molar refractivity (Wildman–Crippen MR) is 42.1 cm³/mol. The van der Waals surface area contributed by atoms with Crippen molar-refractivity contribution in [3.05, 3.63) is 30.3 Å². The molecule has 0 heterocycles. The summed E-state index contributed by atoms with van der Waals surface area (Å²) in [5.41, 5.74) is 5.35. The lowest BCUT2D eigenvalue weighted by Gasteiger charge is -1.93. The minimum Gasteiger partial charge on any atom is -0.326 e. The maximum absolute atomic E-state index is 5.35. The van der Waals surface area contributed by atoms with Crippen molar-refractivity contribution in [2.75, 3.05) is 6.29 Å². The Kier molecular flexibility index (Phi) is 2.69. The highest BCUT2D eigenvalue weighted by molar-refractivity contribution is 7.47. The summed E-state index contributed by atoms with van der Waals surface area (Å²) < 4.78 is 0. The van der Waals surface area contributed by atoms with Gasteiger partial charge in [0.15, 0.2) is 0 Å². The smallest absolute Gasteiger partial charge is 0.0212 e. The monoisotopic (exact) mass is 138 g/mol. The molecule has 0 aliphatic rings. The molecule has 0 bridgehead atoms. The first-order valence-electron chi connectivity index (χ1n) is 2.86. The van der Waals surface area contributed by atoms with E-state index in [4.69, 9.17) is 5.73 Å². The van der Waals surface area contributed by atoms with Gasteiger partial charge in [-0.25, -0.2) is 0 Å². The van der Waals surface area contributed by atoms with E-state index in [0.717, 1.165) is 0 Å². The van der Waals surface area contributed by atoms with Gasteiger partial charge in [-0.2, -0.15) is 0 Å². The number of hydrogen-bond acceptors (Lipinski definition) is 1. The average molecular weight is 138 g/mol. The molecule has 0 saturated heterocycles. The van der Waals surface area contributed by atoms with Crippen molar-refractivity contribution < 1.29 is 0 Å². The van der Waals surface area contributed by atoms with Crippen LogP contribution in [0.5, 0.6) is 0 Å². The predicted octanol–water partition coefficient (Wildman–Crippen LogP) is 1.17. The van der Waals surface area contributed by atoms with Crippen LogP contribution < -0.4 is 11.0 Å². The maximum atomic E-state index is 5.35. The molecule has 0 aliphatic heterocycles. The van der Waals surface area contributed by atoms with Crippen LogP contribution in [0.15, 0.2) is 30.3 Å². The van der Waals surface area contributed by atoms with E-state index in [1.807, 2.05) is 18.2 Å². The van der Waals surface area contributed by atoms with Gasteiger partial charge in [0.25, 0.3) is 0 Å². The summed E-state index contributed by atoms with van der Waals surface area (Å²) in [4.78, 5) is 0. The van der Waals surface area contributed by atoms with Crippen LogP contribution in [0.2, 0.25) is 0 Å². The quantitative estimate of drug-likeness (QED) is 0.610. The van der Waals surface area contributed by atoms with Crippen LogP contribution in [0.25, 0.3) is 0 Å². The third-order valence-corrected chi connectivity index (χ3v) is 1.88. The summed E-state index contributed by atoms with van der Waals surface area (Å²) in [6.45, 7) is 0. The van der Waals surface area contributed by atoms with Crippen LogP contribution >= 0.6 is 8.58 Å². The molecule has 9 heavy (non-hydrogen) atoms. The fraction of sp³-hybridized carbons (Fsp3) is 0.143. The Morgan fingerprint density at radius 2 is 1.89 bits per heavy atom. The summed E-state index contributed by atoms with van der Waals surface area (Å²) in [5, 5.41) is 1.29. The van der Waals surface area contributed by atoms with Crippen LogP contribution in [0, 0.1) is 0 Å². The van der Waals surface area contributed by atoms with Crippen LogP contribution in [-0.4, -0.2) is 6.29 Å². The Morgan fingerprint density at radius 3 is 2.44 bits per heavy atom. The van der Waals surface area contributed by atoms with Crippen molar-refractivity contribution in [2.45, 2.75) is 0 Å². The normalized spacial score (nSPS) is 10.8. The molecule has 1 radical (unpaired) electrons. The lowest BCUT2D eigenvalue weighted by molar-refractivity contribution is 1.40. The summed E-state index contributed by atoms with van der Waals surface area (Å²) in [7, 11) is 1.21. The lowest BCUT2D eigenvalue weighted by atomic mass is 10.4. The number of rotatable bonds is 2. The molecule has 1 nitrogen and oxygen atoms in total. The molecule has 0 amide bonds. The van der Waals surface area contributed by atoms with Crippen molar-refractivity contribution in [1.29, 1.82) is 0 Å². The minimum atomic E-state index is 0.712. The molecule has 1 aromatic carbocycles. The van der Waals surface area contributed by atoms with Crippen LogP contribution in [0.1, 0.15) is 0 Å². The third-order valence-electron chi connectivity index (χ3n) is 1.03. The maximum Gasteiger partial charge on any atom is 0.0212 e. The van der Waals surface area contributed by atoms with E-state index in [1.54, 1.807) is 0 Å². The van der Waals surface area contributed by atoms with Crippen molar-refractivity contribution in [2.24, 2.45) is 5.73 Å². The summed E-state index contributed by atoms with van der Waals surface area (Å²) >= 11 is 0. The number of nitrogens with two attached hydrogens (primary N) is 1. The van der Waals surface area contributed by atoms with Gasteiger partial charge in [0.05, 0.1) is 0 Å². The highest BCUT2D eigenvalue weighted by Gasteiger charge is 1.85. The Labute approximate surface area is 57.1 Å². The standard InChI is InChI=1S/C7H9NP/c8-6-9-7-4-2-1-3-5-7/h1-5H,6,8H2. The molecule has 0 aromatic heterocycles.